The smallest absolute Gasteiger partial charge is 0.255 e. The molecule has 0 bridgehead atoms. The first-order valence-corrected chi connectivity index (χ1v) is 8.56. The van der Waals surface area contributed by atoms with Crippen LogP contribution in [0.2, 0.25) is 5.28 Å². The van der Waals surface area contributed by atoms with Crippen molar-refractivity contribution >= 4 is 33.4 Å². The van der Waals surface area contributed by atoms with Gasteiger partial charge in [-0.05, 0) is 52.5 Å². The van der Waals surface area contributed by atoms with Gasteiger partial charge in [0.2, 0.25) is 11.2 Å². The van der Waals surface area contributed by atoms with Crippen molar-refractivity contribution in [3.05, 3.63) is 45.8 Å². The molecule has 1 aromatic carbocycles. The zero-order chi connectivity index (χ0) is 16.8. The van der Waals surface area contributed by atoms with Gasteiger partial charge in [0.15, 0.2) is 0 Å². The Morgan fingerprint density at radius 1 is 1.35 bits per heavy atom. The van der Waals surface area contributed by atoms with E-state index in [0.29, 0.717) is 15.8 Å². The second kappa shape index (κ2) is 8.26. The van der Waals surface area contributed by atoms with E-state index in [1.165, 1.54) is 6.20 Å². The fourth-order valence-corrected chi connectivity index (χ4v) is 2.14. The van der Waals surface area contributed by atoms with Gasteiger partial charge in [0.25, 0.3) is 5.91 Å². The van der Waals surface area contributed by atoms with Gasteiger partial charge in [-0.2, -0.15) is 4.98 Å². The molecule has 0 spiro atoms. The molecule has 5 nitrogen and oxygen atoms in total. The van der Waals surface area contributed by atoms with E-state index in [-0.39, 0.29) is 23.1 Å². The predicted octanol–water partition coefficient (Wildman–Crippen LogP) is 4.60. The molecule has 0 radical (unpaired) electrons. The lowest BCUT2D eigenvalue weighted by atomic mass is 10.2. The third-order valence-electron chi connectivity index (χ3n) is 2.93. The standard InChI is InChI=1S/C14H11BrClN3O2.C2H6/c15-10-7-17-14(16)19-13(10)21-11-4-2-1-3-9(11)12(20)18-8-5-6-8;1-2/h1-4,7-8H,5-6H2,(H,18,20);1-2H3. The Morgan fingerprint density at radius 3 is 2.74 bits per heavy atom. The number of rotatable bonds is 4. The Balaban J connectivity index is 0.000000924. The van der Waals surface area contributed by atoms with Crippen molar-refractivity contribution in [1.29, 1.82) is 0 Å². The highest BCUT2D eigenvalue weighted by Crippen LogP contribution is 2.30. The molecule has 0 aliphatic heterocycles. The summed E-state index contributed by atoms with van der Waals surface area (Å²) >= 11 is 9.05. The van der Waals surface area contributed by atoms with Crippen LogP contribution < -0.4 is 10.1 Å². The fraction of sp³-hybridized carbons (Fsp3) is 0.312. The Kier molecular flexibility index (Phi) is 6.36. The van der Waals surface area contributed by atoms with E-state index < -0.39 is 0 Å². The first-order valence-electron chi connectivity index (χ1n) is 7.39. The molecule has 122 valence electrons. The lowest BCUT2D eigenvalue weighted by Crippen LogP contribution is -2.25. The van der Waals surface area contributed by atoms with E-state index in [1.54, 1.807) is 24.3 Å². The lowest BCUT2D eigenvalue weighted by molar-refractivity contribution is 0.0948. The number of ether oxygens (including phenoxy) is 1. The number of carbonyl (C=O) groups is 1. The van der Waals surface area contributed by atoms with E-state index >= 15 is 0 Å². The Morgan fingerprint density at radius 2 is 2.04 bits per heavy atom. The molecule has 2 aromatic rings. The summed E-state index contributed by atoms with van der Waals surface area (Å²) in [4.78, 5) is 20.0. The van der Waals surface area contributed by atoms with Crippen molar-refractivity contribution in [3.8, 4) is 11.6 Å². The minimum Gasteiger partial charge on any atom is -0.437 e. The molecule has 0 saturated heterocycles. The number of para-hydroxylation sites is 1. The first kappa shape index (κ1) is 17.7. The zero-order valence-electron chi connectivity index (χ0n) is 12.8. The molecule has 1 fully saturated rings. The summed E-state index contributed by atoms with van der Waals surface area (Å²) in [6, 6.07) is 7.29. The summed E-state index contributed by atoms with van der Waals surface area (Å²) < 4.78 is 6.26. The molecule has 1 saturated carbocycles. The molecule has 1 aliphatic rings. The molecule has 3 rings (SSSR count). The van der Waals surface area contributed by atoms with Gasteiger partial charge in [-0.3, -0.25) is 4.79 Å². The van der Waals surface area contributed by atoms with Crippen LogP contribution in [0, 0.1) is 0 Å². The van der Waals surface area contributed by atoms with Gasteiger partial charge in [0.1, 0.15) is 5.75 Å². The predicted molar refractivity (Wildman–Crippen MR) is 93.1 cm³/mol. The summed E-state index contributed by atoms with van der Waals surface area (Å²) in [5.41, 5.74) is 0.464. The van der Waals surface area contributed by atoms with Crippen LogP contribution >= 0.6 is 27.5 Å². The van der Waals surface area contributed by atoms with Crippen molar-refractivity contribution in [2.24, 2.45) is 0 Å². The summed E-state index contributed by atoms with van der Waals surface area (Å²) in [6.45, 7) is 4.00. The van der Waals surface area contributed by atoms with Gasteiger partial charge in [0.05, 0.1) is 10.0 Å². The maximum Gasteiger partial charge on any atom is 0.255 e. The highest BCUT2D eigenvalue weighted by atomic mass is 79.9. The Labute approximate surface area is 148 Å². The number of benzene rings is 1. The van der Waals surface area contributed by atoms with Gasteiger partial charge < -0.3 is 10.1 Å². The highest BCUT2D eigenvalue weighted by molar-refractivity contribution is 9.10. The minimum absolute atomic E-state index is 0.0770. The molecule has 0 atom stereocenters. The van der Waals surface area contributed by atoms with Crippen molar-refractivity contribution in [1.82, 2.24) is 15.3 Å². The van der Waals surface area contributed by atoms with Crippen LogP contribution in [0.25, 0.3) is 0 Å². The van der Waals surface area contributed by atoms with Crippen LogP contribution in [-0.2, 0) is 0 Å². The average molecular weight is 399 g/mol. The number of nitrogens with one attached hydrogen (secondary N) is 1. The van der Waals surface area contributed by atoms with E-state index in [2.05, 4.69) is 31.2 Å². The number of nitrogens with zero attached hydrogens (tertiary/aromatic N) is 2. The molecule has 1 aromatic heterocycles. The largest absolute Gasteiger partial charge is 0.437 e. The van der Waals surface area contributed by atoms with Crippen molar-refractivity contribution < 1.29 is 9.53 Å². The van der Waals surface area contributed by atoms with Crippen molar-refractivity contribution in [3.63, 3.8) is 0 Å². The third-order valence-corrected chi connectivity index (χ3v) is 3.66. The van der Waals surface area contributed by atoms with Crippen LogP contribution in [0.15, 0.2) is 34.9 Å². The lowest BCUT2D eigenvalue weighted by Gasteiger charge is -2.11. The third kappa shape index (κ3) is 4.91. The second-order valence-electron chi connectivity index (χ2n) is 4.64. The minimum atomic E-state index is -0.149. The highest BCUT2D eigenvalue weighted by Gasteiger charge is 2.25. The maximum absolute atomic E-state index is 12.2. The molecule has 1 N–H and O–H groups in total. The van der Waals surface area contributed by atoms with Gasteiger partial charge in [-0.1, -0.05) is 26.0 Å². The maximum atomic E-state index is 12.2. The first-order chi connectivity index (χ1) is 11.1. The zero-order valence-corrected chi connectivity index (χ0v) is 15.2. The van der Waals surface area contributed by atoms with Gasteiger partial charge in [-0.15, -0.1) is 0 Å². The molecule has 0 unspecified atom stereocenters. The number of hydrogen-bond donors (Lipinski definition) is 1. The Hall–Kier alpha value is -1.66. The number of hydrogen-bond acceptors (Lipinski definition) is 4. The van der Waals surface area contributed by atoms with Crippen LogP contribution in [0.3, 0.4) is 0 Å². The fourth-order valence-electron chi connectivity index (χ4n) is 1.74. The summed E-state index contributed by atoms with van der Waals surface area (Å²) in [7, 11) is 0. The molecule has 1 heterocycles. The van der Waals surface area contributed by atoms with E-state index in [4.69, 9.17) is 16.3 Å². The number of aromatic nitrogens is 2. The second-order valence-corrected chi connectivity index (χ2v) is 5.83. The van der Waals surface area contributed by atoms with Crippen LogP contribution in [-0.4, -0.2) is 21.9 Å². The van der Waals surface area contributed by atoms with E-state index in [0.717, 1.165) is 12.8 Å². The number of carbonyl (C=O) groups excluding carboxylic acids is 1. The normalized spacial score (nSPS) is 12.9. The Bertz CT molecular complexity index is 693. The number of halogens is 2. The molecular formula is C16H17BrClN3O2. The summed E-state index contributed by atoms with van der Waals surface area (Å²) in [5, 5.41) is 3.01. The van der Waals surface area contributed by atoms with Crippen molar-refractivity contribution in [2.75, 3.05) is 0 Å². The van der Waals surface area contributed by atoms with E-state index in [1.807, 2.05) is 13.8 Å². The van der Waals surface area contributed by atoms with Gasteiger partial charge >= 0.3 is 0 Å². The molecular weight excluding hydrogens is 382 g/mol. The monoisotopic (exact) mass is 397 g/mol. The van der Waals surface area contributed by atoms with Gasteiger partial charge in [-0.25, -0.2) is 4.98 Å². The molecule has 1 aliphatic carbocycles. The molecule has 23 heavy (non-hydrogen) atoms. The molecule has 1 amide bonds. The quantitative estimate of drug-likeness (QED) is 0.764. The van der Waals surface area contributed by atoms with Gasteiger partial charge in [0, 0.05) is 12.2 Å². The van der Waals surface area contributed by atoms with E-state index in [9.17, 15) is 4.79 Å². The number of amides is 1. The average Bonchev–Trinajstić information content (AvgIpc) is 3.37. The SMILES string of the molecule is CC.O=C(NC1CC1)c1ccccc1Oc1nc(Cl)ncc1Br. The summed E-state index contributed by atoms with van der Waals surface area (Å²) in [6.07, 6.45) is 3.56. The van der Waals surface area contributed by atoms with Crippen LogP contribution in [0.4, 0.5) is 0 Å². The summed E-state index contributed by atoms with van der Waals surface area (Å²) in [5.74, 6) is 0.539. The molecule has 7 heteroatoms. The van der Waals surface area contributed by atoms with Crippen LogP contribution in [0.5, 0.6) is 11.6 Å². The topological polar surface area (TPSA) is 64.1 Å². The van der Waals surface area contributed by atoms with Crippen molar-refractivity contribution in [2.45, 2.75) is 32.7 Å². The van der Waals surface area contributed by atoms with Crippen LogP contribution in [0.1, 0.15) is 37.0 Å².